The molecule has 82 valence electrons. The van der Waals surface area contributed by atoms with Crippen molar-refractivity contribution in [1.82, 2.24) is 0 Å². The molecule has 0 aliphatic rings. The lowest BCUT2D eigenvalue weighted by molar-refractivity contribution is 0.0998. The third kappa shape index (κ3) is 3.13. The average molecular weight is 230 g/mol. The van der Waals surface area contributed by atoms with Crippen LogP contribution in [0.25, 0.3) is 0 Å². The Morgan fingerprint density at radius 1 is 1.47 bits per heavy atom. The summed E-state index contributed by atoms with van der Waals surface area (Å²) in [6.45, 7) is 0. The molecule has 0 fully saturated rings. The van der Waals surface area contributed by atoms with E-state index in [1.165, 1.54) is 18.2 Å². The molecule has 0 aliphatic carbocycles. The van der Waals surface area contributed by atoms with Gasteiger partial charge < -0.3 is 10.8 Å². The Morgan fingerprint density at radius 3 is 2.53 bits per heavy atom. The van der Waals surface area contributed by atoms with E-state index in [0.717, 1.165) is 6.26 Å². The number of hydrogen-bond donors (Lipinski definition) is 3. The number of sulfonamides is 1. The molecule has 0 unspecified atom stereocenters. The number of primary amides is 1. The number of hydrogen-bond acceptors (Lipinski definition) is 4. The number of carbonyl (C=O) groups is 1. The van der Waals surface area contributed by atoms with Crippen LogP contribution in [0.15, 0.2) is 18.2 Å². The molecule has 0 saturated carbocycles. The number of aromatic hydroxyl groups is 1. The number of nitrogens with one attached hydrogen (secondary N) is 1. The number of benzene rings is 1. The molecular weight excluding hydrogens is 220 g/mol. The van der Waals surface area contributed by atoms with E-state index in [4.69, 9.17) is 5.73 Å². The first-order valence-corrected chi connectivity index (χ1v) is 5.79. The maximum Gasteiger partial charge on any atom is 0.252 e. The minimum atomic E-state index is -3.42. The van der Waals surface area contributed by atoms with Crippen molar-refractivity contribution in [2.75, 3.05) is 11.0 Å². The van der Waals surface area contributed by atoms with E-state index in [0.29, 0.717) is 0 Å². The van der Waals surface area contributed by atoms with E-state index < -0.39 is 15.9 Å². The van der Waals surface area contributed by atoms with Crippen LogP contribution in [0.4, 0.5) is 5.69 Å². The van der Waals surface area contributed by atoms with Gasteiger partial charge in [-0.05, 0) is 18.2 Å². The number of rotatable bonds is 3. The standard InChI is InChI=1S/C8H10N2O4S/c1-15(13,14)10-5-2-3-7(11)6(4-5)8(9)12/h2-4,10-11H,1H3,(H2,9,12). The average Bonchev–Trinajstić information content (AvgIpc) is 2.05. The van der Waals surface area contributed by atoms with E-state index >= 15 is 0 Å². The zero-order valence-electron chi connectivity index (χ0n) is 7.89. The maximum atomic E-state index is 10.9. The van der Waals surface area contributed by atoms with Crippen LogP contribution in [-0.4, -0.2) is 25.7 Å². The maximum absolute atomic E-state index is 10.9. The lowest BCUT2D eigenvalue weighted by Gasteiger charge is -2.06. The van der Waals surface area contributed by atoms with Crippen LogP contribution < -0.4 is 10.5 Å². The molecule has 6 nitrogen and oxygen atoms in total. The summed E-state index contributed by atoms with van der Waals surface area (Å²) in [7, 11) is -3.42. The number of nitrogens with two attached hydrogens (primary N) is 1. The summed E-state index contributed by atoms with van der Waals surface area (Å²) in [5.74, 6) is -1.12. The van der Waals surface area contributed by atoms with Crippen LogP contribution in [0, 0.1) is 0 Å². The molecule has 0 atom stereocenters. The van der Waals surface area contributed by atoms with Crippen LogP contribution in [0.2, 0.25) is 0 Å². The summed E-state index contributed by atoms with van der Waals surface area (Å²) >= 11 is 0. The first-order valence-electron chi connectivity index (χ1n) is 3.90. The van der Waals surface area contributed by atoms with Crippen molar-refractivity contribution in [2.24, 2.45) is 5.73 Å². The molecule has 0 spiro atoms. The fraction of sp³-hybridized carbons (Fsp3) is 0.125. The number of amides is 1. The van der Waals surface area contributed by atoms with Crippen molar-refractivity contribution in [3.63, 3.8) is 0 Å². The molecule has 0 saturated heterocycles. The van der Waals surface area contributed by atoms with Crippen LogP contribution in [0.5, 0.6) is 5.75 Å². The quantitative estimate of drug-likeness (QED) is 0.628. The normalized spacial score (nSPS) is 11.0. The zero-order valence-corrected chi connectivity index (χ0v) is 8.71. The summed E-state index contributed by atoms with van der Waals surface area (Å²) in [5.41, 5.74) is 5.01. The van der Waals surface area contributed by atoms with Crippen LogP contribution >= 0.6 is 0 Å². The highest BCUT2D eigenvalue weighted by atomic mass is 32.2. The van der Waals surface area contributed by atoms with Crippen LogP contribution in [0.1, 0.15) is 10.4 Å². The van der Waals surface area contributed by atoms with Crippen molar-refractivity contribution in [3.05, 3.63) is 23.8 Å². The highest BCUT2D eigenvalue weighted by Crippen LogP contribution is 2.21. The van der Waals surface area contributed by atoms with Crippen molar-refractivity contribution < 1.29 is 18.3 Å². The number of anilines is 1. The summed E-state index contributed by atoms with van der Waals surface area (Å²) in [6, 6.07) is 3.68. The van der Waals surface area contributed by atoms with E-state index in [1.54, 1.807) is 0 Å². The van der Waals surface area contributed by atoms with Gasteiger partial charge in [-0.1, -0.05) is 0 Å². The second kappa shape index (κ2) is 3.77. The van der Waals surface area contributed by atoms with E-state index in [9.17, 15) is 18.3 Å². The van der Waals surface area contributed by atoms with Crippen LogP contribution in [0.3, 0.4) is 0 Å². The highest BCUT2D eigenvalue weighted by molar-refractivity contribution is 7.92. The largest absolute Gasteiger partial charge is 0.507 e. The van der Waals surface area contributed by atoms with Gasteiger partial charge in [0.15, 0.2) is 0 Å². The lowest BCUT2D eigenvalue weighted by atomic mass is 10.2. The smallest absolute Gasteiger partial charge is 0.252 e. The van der Waals surface area contributed by atoms with E-state index in [-0.39, 0.29) is 17.0 Å². The van der Waals surface area contributed by atoms with Gasteiger partial charge in [-0.2, -0.15) is 0 Å². The molecule has 1 aromatic carbocycles. The summed E-state index contributed by atoms with van der Waals surface area (Å²) in [5, 5.41) is 9.23. The Labute approximate surface area is 86.8 Å². The van der Waals surface area contributed by atoms with Gasteiger partial charge in [0, 0.05) is 5.69 Å². The van der Waals surface area contributed by atoms with Crippen LogP contribution in [-0.2, 0) is 10.0 Å². The van der Waals surface area contributed by atoms with Crippen molar-refractivity contribution in [1.29, 1.82) is 0 Å². The first-order chi connectivity index (χ1) is 6.79. The highest BCUT2D eigenvalue weighted by Gasteiger charge is 2.09. The van der Waals surface area contributed by atoms with Gasteiger partial charge in [0.1, 0.15) is 5.75 Å². The Bertz CT molecular complexity index is 495. The second-order valence-corrected chi connectivity index (χ2v) is 4.72. The molecule has 0 radical (unpaired) electrons. The third-order valence-electron chi connectivity index (χ3n) is 1.57. The molecule has 1 rings (SSSR count). The van der Waals surface area contributed by atoms with E-state index in [2.05, 4.69) is 4.72 Å². The molecule has 0 aromatic heterocycles. The number of phenols is 1. The lowest BCUT2D eigenvalue weighted by Crippen LogP contribution is -2.13. The molecule has 1 amide bonds. The van der Waals surface area contributed by atoms with Gasteiger partial charge >= 0.3 is 0 Å². The summed E-state index contributed by atoms with van der Waals surface area (Å²) in [6.07, 6.45) is 0.976. The fourth-order valence-electron chi connectivity index (χ4n) is 1.01. The minimum Gasteiger partial charge on any atom is -0.507 e. The molecule has 7 heteroatoms. The minimum absolute atomic E-state index is 0.136. The Kier molecular flexibility index (Phi) is 2.85. The van der Waals surface area contributed by atoms with Gasteiger partial charge in [-0.25, -0.2) is 8.42 Å². The third-order valence-corrected chi connectivity index (χ3v) is 2.17. The van der Waals surface area contributed by atoms with Gasteiger partial charge in [-0.3, -0.25) is 9.52 Å². The van der Waals surface area contributed by atoms with Gasteiger partial charge in [0.2, 0.25) is 10.0 Å². The van der Waals surface area contributed by atoms with Crippen molar-refractivity contribution in [2.45, 2.75) is 0 Å². The predicted octanol–water partition coefficient (Wildman–Crippen LogP) is -0.137. The molecule has 0 heterocycles. The Hall–Kier alpha value is -1.76. The molecule has 15 heavy (non-hydrogen) atoms. The number of carbonyl (C=O) groups excluding carboxylic acids is 1. The first kappa shape index (κ1) is 11.3. The molecule has 1 aromatic rings. The fourth-order valence-corrected chi connectivity index (χ4v) is 1.57. The topological polar surface area (TPSA) is 109 Å². The van der Waals surface area contributed by atoms with Crippen molar-refractivity contribution >= 4 is 21.6 Å². The van der Waals surface area contributed by atoms with Gasteiger partial charge in [-0.15, -0.1) is 0 Å². The Morgan fingerprint density at radius 2 is 2.07 bits per heavy atom. The predicted molar refractivity (Wildman–Crippen MR) is 55.1 cm³/mol. The van der Waals surface area contributed by atoms with E-state index in [1.807, 2.05) is 0 Å². The monoisotopic (exact) mass is 230 g/mol. The SMILES string of the molecule is CS(=O)(=O)Nc1ccc(O)c(C(N)=O)c1. The molecule has 0 aliphatic heterocycles. The second-order valence-electron chi connectivity index (χ2n) is 2.97. The van der Waals surface area contributed by atoms with Crippen molar-refractivity contribution in [3.8, 4) is 5.75 Å². The van der Waals surface area contributed by atoms with Gasteiger partial charge in [0.25, 0.3) is 5.91 Å². The Balaban J connectivity index is 3.14. The summed E-state index contributed by atoms with van der Waals surface area (Å²) in [4.78, 5) is 10.8. The zero-order chi connectivity index (χ0) is 11.6. The molecule has 0 bridgehead atoms. The molecule has 4 N–H and O–H groups in total. The van der Waals surface area contributed by atoms with Gasteiger partial charge in [0.05, 0.1) is 11.8 Å². The molecular formula is C8H10N2O4S. The summed E-state index contributed by atoms with van der Waals surface area (Å²) < 4.78 is 23.9.